The summed E-state index contributed by atoms with van der Waals surface area (Å²) in [5.41, 5.74) is -2.97. The molecule has 27 heavy (non-hydrogen) atoms. The van der Waals surface area contributed by atoms with E-state index < -0.39 is 50.1 Å². The maximum atomic E-state index is 10.1. The van der Waals surface area contributed by atoms with E-state index in [1.807, 2.05) is 0 Å². The van der Waals surface area contributed by atoms with Gasteiger partial charge >= 0.3 is 126 Å². The van der Waals surface area contributed by atoms with E-state index in [0.717, 1.165) is 6.92 Å². The molecule has 19 heteroatoms. The van der Waals surface area contributed by atoms with E-state index in [1.54, 1.807) is 0 Å². The first kappa shape index (κ1) is 51.7. The second kappa shape index (κ2) is 26.3. The molecule has 0 aromatic carbocycles. The van der Waals surface area contributed by atoms with E-state index in [2.05, 4.69) is 0 Å². The van der Waals surface area contributed by atoms with Gasteiger partial charge in [0.2, 0.25) is 0 Å². The van der Waals surface area contributed by atoms with E-state index in [9.17, 15) is 29.7 Å². The third-order valence-corrected chi connectivity index (χ3v) is 1.25. The van der Waals surface area contributed by atoms with E-state index in [-0.39, 0.29) is 131 Å². The van der Waals surface area contributed by atoms with Crippen molar-refractivity contribution in [1.29, 1.82) is 0 Å². The molecule has 0 aromatic rings. The number of hydrogen-bond donors (Lipinski definition) is 5. The van der Waals surface area contributed by atoms with Gasteiger partial charge in [-0.15, -0.1) is 0 Å². The van der Waals surface area contributed by atoms with Crippen LogP contribution in [0.1, 0.15) is 19.8 Å². The number of carbonyl (C=O) groups is 4. The normalized spacial score (nSPS) is 8.33. The summed E-state index contributed by atoms with van der Waals surface area (Å²) >= 11 is 0. The summed E-state index contributed by atoms with van der Waals surface area (Å²) in [6.45, 7) is 1.08. The summed E-state index contributed by atoms with van der Waals surface area (Å²) in [4.78, 5) is 60.6. The molecular weight excluding hydrogens is 462 g/mol. The van der Waals surface area contributed by atoms with Gasteiger partial charge in [0.1, 0.15) is 5.60 Å². The molecular formula is C8H12ClNa4O13P. The molecule has 0 aromatic heterocycles. The van der Waals surface area contributed by atoms with Crippen LogP contribution >= 0.6 is 7.82 Å². The molecule has 0 bridgehead atoms. The molecule has 0 radical (unpaired) electrons. The SMILES string of the molecule is CC(=O)O.O=C([O-])CC(O)(CC(=O)[O-])C(=O)[O-].O=P(O)(O)O.[Cl-].[Na+].[Na+].[Na+].[Na+]. The van der Waals surface area contributed by atoms with Crippen LogP contribution in [-0.2, 0) is 23.7 Å². The van der Waals surface area contributed by atoms with Crippen LogP contribution in [-0.4, -0.2) is 54.4 Å². The Kier molecular flexibility index (Phi) is 50.3. The zero-order valence-corrected chi connectivity index (χ0v) is 24.9. The number of phosphoric acid groups is 1. The summed E-state index contributed by atoms with van der Waals surface area (Å²) in [6, 6.07) is 0. The Labute approximate surface area is 248 Å². The zero-order valence-electron chi connectivity index (χ0n) is 15.2. The van der Waals surface area contributed by atoms with Crippen molar-refractivity contribution in [2.24, 2.45) is 0 Å². The third kappa shape index (κ3) is 58.4. The van der Waals surface area contributed by atoms with Crippen molar-refractivity contribution < 1.29 is 195 Å². The van der Waals surface area contributed by atoms with Crippen molar-refractivity contribution in [2.75, 3.05) is 0 Å². The molecule has 0 unspecified atom stereocenters. The van der Waals surface area contributed by atoms with Gasteiger partial charge in [0.05, 0.1) is 5.97 Å². The summed E-state index contributed by atoms with van der Waals surface area (Å²) in [5.74, 6) is -6.82. The topological polar surface area (TPSA) is 256 Å². The largest absolute Gasteiger partial charge is 1.00 e. The van der Waals surface area contributed by atoms with Gasteiger partial charge in [-0.1, -0.05) is 0 Å². The first-order valence-corrected chi connectivity index (χ1v) is 6.39. The van der Waals surface area contributed by atoms with Crippen molar-refractivity contribution in [3.05, 3.63) is 0 Å². The van der Waals surface area contributed by atoms with Gasteiger partial charge in [-0.2, -0.15) is 0 Å². The number of carboxylic acids is 4. The standard InChI is InChI=1S/C6H8O7.C2H4O2.ClH.4Na.H3O4P/c7-3(8)1-6(13,5(11)12)2-4(9)10;1-2(3)4;;;;;;1-5(2,3)4/h13H,1-2H2,(H,7,8)(H,9,10)(H,11,12);1H3,(H,3,4);1H;;;;;(H3,1,2,3,4)/q;;;4*+1;/p-4. The third-order valence-electron chi connectivity index (χ3n) is 1.25. The molecule has 0 fully saturated rings. The summed E-state index contributed by atoms with van der Waals surface area (Å²) in [6.07, 6.45) is -2.72. The van der Waals surface area contributed by atoms with Gasteiger partial charge in [-0.25, -0.2) is 4.57 Å². The Balaban J connectivity index is -0.0000000370. The van der Waals surface area contributed by atoms with Crippen LogP contribution in [0.5, 0.6) is 0 Å². The van der Waals surface area contributed by atoms with Crippen molar-refractivity contribution in [3.63, 3.8) is 0 Å². The second-order valence-corrected chi connectivity index (χ2v) is 4.48. The average Bonchev–Trinajstić information content (AvgIpc) is 2.09. The molecule has 5 N–H and O–H groups in total. The first-order valence-electron chi connectivity index (χ1n) is 4.82. The van der Waals surface area contributed by atoms with Crippen LogP contribution in [0, 0.1) is 0 Å². The van der Waals surface area contributed by atoms with Crippen molar-refractivity contribution in [1.82, 2.24) is 0 Å². The van der Waals surface area contributed by atoms with Crippen LogP contribution in [0.2, 0.25) is 0 Å². The number of aliphatic hydroxyl groups is 1. The predicted molar refractivity (Wildman–Crippen MR) is 56.8 cm³/mol. The van der Waals surface area contributed by atoms with E-state index in [1.165, 1.54) is 0 Å². The number of halogens is 1. The zero-order chi connectivity index (χ0) is 18.7. The van der Waals surface area contributed by atoms with E-state index in [4.69, 9.17) is 34.3 Å². The van der Waals surface area contributed by atoms with Crippen LogP contribution < -0.4 is 146 Å². The van der Waals surface area contributed by atoms with Gasteiger partial charge < -0.3 is 67.0 Å². The predicted octanol–water partition coefficient (Wildman–Crippen LogP) is -21.1. The molecule has 0 aliphatic rings. The fraction of sp³-hybridized carbons (Fsp3) is 0.500. The molecule has 0 spiro atoms. The maximum absolute atomic E-state index is 10.1. The Morgan fingerprint density at radius 3 is 1.07 bits per heavy atom. The Bertz CT molecular complexity index is 443. The van der Waals surface area contributed by atoms with Gasteiger partial charge in [0, 0.05) is 31.7 Å². The Hall–Kier alpha value is 2.24. The second-order valence-electron chi connectivity index (χ2n) is 3.45. The Morgan fingerprint density at radius 1 is 0.852 bits per heavy atom. The van der Waals surface area contributed by atoms with Gasteiger partial charge in [0.15, 0.2) is 0 Å². The fourth-order valence-electron chi connectivity index (χ4n) is 0.684. The monoisotopic (exact) mass is 474 g/mol. The number of aliphatic carboxylic acids is 4. The Morgan fingerprint density at radius 2 is 1.00 bits per heavy atom. The number of carboxylic acid groups (broad SMARTS) is 4. The first-order chi connectivity index (χ1) is 9.51. The molecule has 13 nitrogen and oxygen atoms in total. The summed E-state index contributed by atoms with van der Waals surface area (Å²) in [7, 11) is -4.64. The fourth-order valence-corrected chi connectivity index (χ4v) is 0.684. The minimum absolute atomic E-state index is 0. The smallest absolute Gasteiger partial charge is 1.00 e. The number of rotatable bonds is 5. The number of hydrogen-bond acceptors (Lipinski definition) is 9. The van der Waals surface area contributed by atoms with Crippen LogP contribution in [0.3, 0.4) is 0 Å². The maximum Gasteiger partial charge on any atom is 1.00 e. The molecule has 0 aliphatic carbocycles. The summed E-state index contributed by atoms with van der Waals surface area (Å²) in [5, 5.41) is 46.3. The van der Waals surface area contributed by atoms with Crippen molar-refractivity contribution >= 4 is 31.7 Å². The van der Waals surface area contributed by atoms with Crippen molar-refractivity contribution in [3.8, 4) is 0 Å². The molecule has 0 heterocycles. The minimum Gasteiger partial charge on any atom is -1.00 e. The van der Waals surface area contributed by atoms with E-state index in [0.29, 0.717) is 0 Å². The average molecular weight is 475 g/mol. The van der Waals surface area contributed by atoms with Crippen molar-refractivity contribution in [2.45, 2.75) is 25.4 Å². The summed E-state index contributed by atoms with van der Waals surface area (Å²) < 4.78 is 8.88. The molecule has 0 saturated heterocycles. The van der Waals surface area contributed by atoms with Gasteiger partial charge in [0.25, 0.3) is 5.97 Å². The molecule has 0 saturated carbocycles. The van der Waals surface area contributed by atoms with Crippen LogP contribution in [0.25, 0.3) is 0 Å². The molecule has 0 aliphatic heterocycles. The molecule has 138 valence electrons. The van der Waals surface area contributed by atoms with Crippen LogP contribution in [0.15, 0.2) is 0 Å². The quantitative estimate of drug-likeness (QED) is 0.183. The molecule has 0 atom stereocenters. The van der Waals surface area contributed by atoms with Gasteiger partial charge in [-0.05, 0) is 0 Å². The molecule has 0 amide bonds. The number of carbonyl (C=O) groups excluding carboxylic acids is 3. The molecule has 0 rings (SSSR count). The van der Waals surface area contributed by atoms with Crippen LogP contribution in [0.4, 0.5) is 0 Å². The van der Waals surface area contributed by atoms with E-state index >= 15 is 0 Å². The van der Waals surface area contributed by atoms with Gasteiger partial charge in [-0.3, -0.25) is 4.79 Å². The minimum atomic E-state index is -4.64.